The quantitative estimate of drug-likeness (QED) is 0.332. The van der Waals surface area contributed by atoms with E-state index in [1.807, 2.05) is 61.7 Å². The minimum absolute atomic E-state index is 0.0711. The van der Waals surface area contributed by atoms with Crippen LogP contribution in [0.3, 0.4) is 0 Å². The average molecular weight is 612 g/mol. The molecule has 6 rings (SSSR count). The van der Waals surface area contributed by atoms with E-state index in [-0.39, 0.29) is 30.9 Å². The van der Waals surface area contributed by atoms with Crippen LogP contribution in [-0.2, 0) is 15.9 Å². The Hall–Kier alpha value is -3.44. The molecule has 3 aliphatic rings. The molecule has 238 valence electrons. The van der Waals surface area contributed by atoms with E-state index in [9.17, 15) is 13.6 Å². The second-order valence-corrected chi connectivity index (χ2v) is 13.2. The molecule has 3 atom stereocenters. The van der Waals surface area contributed by atoms with E-state index >= 15 is 0 Å². The third kappa shape index (κ3) is 6.08. The highest BCUT2D eigenvalue weighted by Gasteiger charge is 2.38. The second kappa shape index (κ2) is 12.2. The molecule has 2 aromatic carbocycles. The van der Waals surface area contributed by atoms with Gasteiger partial charge in [-0.3, -0.25) is 4.90 Å². The molecule has 4 heterocycles. The van der Waals surface area contributed by atoms with Gasteiger partial charge >= 0.3 is 6.09 Å². The van der Waals surface area contributed by atoms with Gasteiger partial charge in [0.2, 0.25) is 0 Å². The van der Waals surface area contributed by atoms with Gasteiger partial charge in [0.25, 0.3) is 6.43 Å². The molecule has 9 nitrogen and oxygen atoms in total. The van der Waals surface area contributed by atoms with E-state index in [0.717, 1.165) is 59.2 Å². The Bertz CT molecular complexity index is 1490. The van der Waals surface area contributed by atoms with Gasteiger partial charge in [-0.1, -0.05) is 12.1 Å². The Morgan fingerprint density at radius 3 is 2.61 bits per heavy atom. The zero-order valence-corrected chi connectivity index (χ0v) is 26.2. The first-order valence-electron chi connectivity index (χ1n) is 15.6. The summed E-state index contributed by atoms with van der Waals surface area (Å²) in [5.41, 5.74) is 4.27. The maximum atomic E-state index is 14.0. The molecule has 1 N–H and O–H groups in total. The number of methoxy groups -OCH3 is 1. The predicted molar refractivity (Wildman–Crippen MR) is 165 cm³/mol. The molecule has 1 aromatic heterocycles. The molecular weight excluding hydrogens is 568 g/mol. The Labute approximate surface area is 257 Å². The summed E-state index contributed by atoms with van der Waals surface area (Å²) in [5.74, 6) is 0.619. The third-order valence-corrected chi connectivity index (χ3v) is 8.83. The fourth-order valence-corrected chi connectivity index (χ4v) is 6.77. The number of amides is 1. The van der Waals surface area contributed by atoms with Crippen LogP contribution in [0.25, 0.3) is 10.9 Å². The van der Waals surface area contributed by atoms with E-state index in [2.05, 4.69) is 17.4 Å². The maximum Gasteiger partial charge on any atom is 0.410 e. The van der Waals surface area contributed by atoms with Crippen LogP contribution in [0.4, 0.5) is 19.3 Å². The molecule has 2 saturated heterocycles. The van der Waals surface area contributed by atoms with Crippen LogP contribution >= 0.6 is 0 Å². The number of hydrogen-bond donors (Lipinski definition) is 1. The number of benzene rings is 2. The van der Waals surface area contributed by atoms with E-state index in [4.69, 9.17) is 19.3 Å². The highest BCUT2D eigenvalue weighted by atomic mass is 19.3. The van der Waals surface area contributed by atoms with Crippen molar-refractivity contribution < 1.29 is 27.8 Å². The number of anilines is 1. The molecular formula is C33H43F2N5O4. The van der Waals surface area contributed by atoms with Crippen LogP contribution in [0.15, 0.2) is 36.5 Å². The Morgan fingerprint density at radius 1 is 1.16 bits per heavy atom. The Balaban J connectivity index is 1.29. The van der Waals surface area contributed by atoms with E-state index in [1.165, 1.54) is 0 Å². The maximum absolute atomic E-state index is 14.0. The standard InChI is InChI=1S/C33H43F2N5O4/c1-20-14-25-23(11-12-27-26(25)16-36-40(27)30-8-6-7-13-43-30)31(39(20)19-29(34)35)24-10-9-21(15-28(24)42-5)37-22-17-38(18-22)32(41)44-33(2,3)4/h9-12,15-16,20,22,29-31,37H,6-8,13-14,17-19H2,1-5H3/t20-,30?,31+/m1/s1. The van der Waals surface area contributed by atoms with Gasteiger partial charge in [0, 0.05) is 48.4 Å². The molecule has 0 aliphatic carbocycles. The average Bonchev–Trinajstić information content (AvgIpc) is 3.39. The van der Waals surface area contributed by atoms with Gasteiger partial charge in [-0.05, 0) is 76.6 Å². The van der Waals surface area contributed by atoms with Crippen molar-refractivity contribution in [2.75, 3.05) is 38.7 Å². The summed E-state index contributed by atoms with van der Waals surface area (Å²) in [4.78, 5) is 15.9. The van der Waals surface area contributed by atoms with Crippen LogP contribution in [0.2, 0.25) is 0 Å². The van der Waals surface area contributed by atoms with Crippen molar-refractivity contribution in [2.45, 2.75) is 89.8 Å². The summed E-state index contributed by atoms with van der Waals surface area (Å²) in [5, 5.41) is 9.25. The molecule has 0 spiro atoms. The molecule has 1 amide bonds. The van der Waals surface area contributed by atoms with Crippen molar-refractivity contribution in [2.24, 2.45) is 0 Å². The topological polar surface area (TPSA) is 81.1 Å². The van der Waals surface area contributed by atoms with Crippen LogP contribution in [0.1, 0.15) is 75.9 Å². The van der Waals surface area contributed by atoms with Gasteiger partial charge in [-0.2, -0.15) is 5.10 Å². The zero-order chi connectivity index (χ0) is 31.2. The first-order valence-corrected chi connectivity index (χ1v) is 15.6. The number of likely N-dealkylation sites (tertiary alicyclic amines) is 1. The number of nitrogens with zero attached hydrogens (tertiary/aromatic N) is 4. The Morgan fingerprint density at radius 2 is 1.93 bits per heavy atom. The SMILES string of the molecule is COc1cc(NC2CN(C(=O)OC(C)(C)C)C2)ccc1[C@@H]1c2ccc3c(cnn3C3CCCCO3)c2C[C@@H](C)N1CC(F)F. The summed E-state index contributed by atoms with van der Waals surface area (Å²) < 4.78 is 47.3. The van der Waals surface area contributed by atoms with Gasteiger partial charge in [0.15, 0.2) is 6.23 Å². The van der Waals surface area contributed by atoms with Crippen LogP contribution in [0.5, 0.6) is 5.75 Å². The fourth-order valence-electron chi connectivity index (χ4n) is 6.77. The van der Waals surface area contributed by atoms with E-state index < -0.39 is 18.1 Å². The fraction of sp³-hybridized carbons (Fsp3) is 0.576. The summed E-state index contributed by atoms with van der Waals surface area (Å²) >= 11 is 0. The van der Waals surface area contributed by atoms with Crippen molar-refractivity contribution in [1.29, 1.82) is 0 Å². The van der Waals surface area contributed by atoms with Crippen molar-refractivity contribution in [3.63, 3.8) is 0 Å². The summed E-state index contributed by atoms with van der Waals surface area (Å²) in [6, 6.07) is 9.50. The number of nitrogens with one attached hydrogen (secondary N) is 1. The van der Waals surface area contributed by atoms with Crippen molar-refractivity contribution in [3.05, 3.63) is 53.2 Å². The van der Waals surface area contributed by atoms with Gasteiger partial charge in [0.05, 0.1) is 37.5 Å². The predicted octanol–water partition coefficient (Wildman–Crippen LogP) is 6.38. The number of alkyl halides is 2. The third-order valence-electron chi connectivity index (χ3n) is 8.83. The number of ether oxygens (including phenoxy) is 3. The normalized spacial score (nSPS) is 23.0. The first kappa shape index (κ1) is 30.6. The number of fused-ring (bicyclic) bond motifs is 3. The molecule has 1 unspecified atom stereocenters. The monoisotopic (exact) mass is 611 g/mol. The van der Waals surface area contributed by atoms with E-state index in [1.54, 1.807) is 12.0 Å². The van der Waals surface area contributed by atoms with Crippen LogP contribution in [-0.4, -0.2) is 83.1 Å². The number of carbonyl (C=O) groups excluding carboxylic acids is 1. The van der Waals surface area contributed by atoms with Gasteiger partial charge in [-0.25, -0.2) is 18.3 Å². The zero-order valence-electron chi connectivity index (χ0n) is 26.2. The van der Waals surface area contributed by atoms with Gasteiger partial charge in [0.1, 0.15) is 11.4 Å². The van der Waals surface area contributed by atoms with Crippen LogP contribution < -0.4 is 10.1 Å². The minimum atomic E-state index is -2.48. The lowest BCUT2D eigenvalue weighted by atomic mass is 9.83. The number of carbonyl (C=O) groups is 1. The first-order chi connectivity index (χ1) is 21.0. The molecule has 2 fully saturated rings. The van der Waals surface area contributed by atoms with Crippen LogP contribution in [0, 0.1) is 0 Å². The molecule has 0 radical (unpaired) electrons. The van der Waals surface area contributed by atoms with Crippen molar-refractivity contribution in [1.82, 2.24) is 19.6 Å². The lowest BCUT2D eigenvalue weighted by molar-refractivity contribution is -0.0366. The molecule has 3 aromatic rings. The van der Waals surface area contributed by atoms with E-state index in [0.29, 0.717) is 25.3 Å². The van der Waals surface area contributed by atoms with Crippen molar-refractivity contribution in [3.8, 4) is 5.75 Å². The van der Waals surface area contributed by atoms with Crippen molar-refractivity contribution >= 4 is 22.7 Å². The number of aromatic nitrogens is 2. The largest absolute Gasteiger partial charge is 0.496 e. The number of halogens is 2. The summed E-state index contributed by atoms with van der Waals surface area (Å²) in [6.07, 6.45) is 2.75. The lowest BCUT2D eigenvalue weighted by Crippen LogP contribution is -2.57. The smallest absolute Gasteiger partial charge is 0.410 e. The molecule has 0 saturated carbocycles. The minimum Gasteiger partial charge on any atom is -0.496 e. The lowest BCUT2D eigenvalue weighted by Gasteiger charge is -2.43. The Kier molecular flexibility index (Phi) is 8.45. The molecule has 0 bridgehead atoms. The highest BCUT2D eigenvalue weighted by molar-refractivity contribution is 5.84. The molecule has 3 aliphatic heterocycles. The van der Waals surface area contributed by atoms with Gasteiger partial charge < -0.3 is 24.4 Å². The summed E-state index contributed by atoms with van der Waals surface area (Å²) in [7, 11) is 1.61. The number of hydrogen-bond acceptors (Lipinski definition) is 7. The highest BCUT2D eigenvalue weighted by Crippen LogP contribution is 2.45. The second-order valence-electron chi connectivity index (χ2n) is 13.2. The molecule has 11 heteroatoms. The van der Waals surface area contributed by atoms with Gasteiger partial charge in [-0.15, -0.1) is 0 Å². The molecule has 44 heavy (non-hydrogen) atoms. The summed E-state index contributed by atoms with van der Waals surface area (Å²) in [6.45, 7) is 9.02. The number of rotatable bonds is 7.